The minimum Gasteiger partial charge on any atom is -0.490 e. The zero-order chi connectivity index (χ0) is 17.0. The van der Waals surface area contributed by atoms with Crippen LogP contribution in [-0.4, -0.2) is 31.7 Å². The largest absolute Gasteiger partial charge is 0.490 e. The number of rotatable bonds is 11. The first-order valence-corrected chi connectivity index (χ1v) is 7.97. The zero-order valence-corrected chi connectivity index (χ0v) is 13.8. The molecule has 0 aliphatic carbocycles. The fraction of sp³-hybridized carbons (Fsp3) is 0.300. The van der Waals surface area contributed by atoms with E-state index in [-0.39, 0.29) is 19.3 Å². The Morgan fingerprint density at radius 1 is 1.04 bits per heavy atom. The van der Waals surface area contributed by atoms with Crippen LogP contribution in [0, 0.1) is 0 Å². The van der Waals surface area contributed by atoms with E-state index >= 15 is 0 Å². The first-order chi connectivity index (χ1) is 11.8. The van der Waals surface area contributed by atoms with E-state index in [1.165, 1.54) is 0 Å². The number of benzene rings is 2. The number of hydrogen-bond donors (Lipinski definition) is 1. The van der Waals surface area contributed by atoms with Crippen molar-refractivity contribution in [3.63, 3.8) is 0 Å². The van der Waals surface area contributed by atoms with Gasteiger partial charge in [0.05, 0.1) is 19.8 Å². The number of ether oxygens (including phenoxy) is 3. The first kappa shape index (κ1) is 18.2. The number of hydrogen-bond acceptors (Lipinski definition) is 4. The highest BCUT2D eigenvalue weighted by molar-refractivity contribution is 5.31. The van der Waals surface area contributed by atoms with Gasteiger partial charge in [0.25, 0.3) is 0 Å². The Morgan fingerprint density at radius 2 is 1.88 bits per heavy atom. The van der Waals surface area contributed by atoms with Crippen LogP contribution in [0.3, 0.4) is 0 Å². The molecule has 0 aliphatic heterocycles. The van der Waals surface area contributed by atoms with Crippen molar-refractivity contribution < 1.29 is 19.3 Å². The molecule has 2 aromatic carbocycles. The molecular weight excluding hydrogens is 304 g/mol. The van der Waals surface area contributed by atoms with Gasteiger partial charge in [-0.2, -0.15) is 0 Å². The van der Waals surface area contributed by atoms with Crippen LogP contribution in [0.4, 0.5) is 0 Å². The fourth-order valence-corrected chi connectivity index (χ4v) is 2.25. The molecule has 1 atom stereocenters. The van der Waals surface area contributed by atoms with Crippen molar-refractivity contribution in [2.75, 3.05) is 26.6 Å². The van der Waals surface area contributed by atoms with Crippen LogP contribution in [0.5, 0.6) is 5.75 Å². The van der Waals surface area contributed by atoms with E-state index in [2.05, 4.69) is 6.58 Å². The highest BCUT2D eigenvalue weighted by atomic mass is 16.7. The molecule has 0 heterocycles. The monoisotopic (exact) mass is 328 g/mol. The number of aliphatic hydroxyl groups excluding tert-OH is 1. The van der Waals surface area contributed by atoms with Crippen molar-refractivity contribution in [3.8, 4) is 5.75 Å². The molecule has 0 saturated carbocycles. The molecule has 4 heteroatoms. The normalized spacial score (nSPS) is 11.9. The van der Waals surface area contributed by atoms with Crippen molar-refractivity contribution in [3.05, 3.63) is 78.4 Å². The van der Waals surface area contributed by atoms with Gasteiger partial charge >= 0.3 is 0 Å². The highest BCUT2D eigenvalue weighted by Crippen LogP contribution is 2.21. The van der Waals surface area contributed by atoms with Crippen LogP contribution in [-0.2, 0) is 16.1 Å². The van der Waals surface area contributed by atoms with Gasteiger partial charge < -0.3 is 19.3 Å². The Bertz CT molecular complexity index is 598. The molecule has 0 radical (unpaired) electrons. The van der Waals surface area contributed by atoms with Crippen molar-refractivity contribution in [1.82, 2.24) is 0 Å². The summed E-state index contributed by atoms with van der Waals surface area (Å²) >= 11 is 0. The second kappa shape index (κ2) is 10.6. The fourth-order valence-electron chi connectivity index (χ4n) is 2.25. The summed E-state index contributed by atoms with van der Waals surface area (Å²) in [6.45, 7) is 5.18. The van der Waals surface area contributed by atoms with Gasteiger partial charge in [0.15, 0.2) is 0 Å². The molecule has 128 valence electrons. The Morgan fingerprint density at radius 3 is 2.62 bits per heavy atom. The maximum absolute atomic E-state index is 9.60. The van der Waals surface area contributed by atoms with E-state index in [1.807, 2.05) is 54.6 Å². The van der Waals surface area contributed by atoms with Crippen molar-refractivity contribution in [2.45, 2.75) is 12.5 Å². The topological polar surface area (TPSA) is 47.9 Å². The molecule has 1 N–H and O–H groups in total. The second-order valence-electron chi connectivity index (χ2n) is 5.37. The molecule has 4 nitrogen and oxygen atoms in total. The van der Waals surface area contributed by atoms with Crippen LogP contribution >= 0.6 is 0 Å². The predicted molar refractivity (Wildman–Crippen MR) is 94.0 cm³/mol. The van der Waals surface area contributed by atoms with Gasteiger partial charge in [0.2, 0.25) is 0 Å². The Balaban J connectivity index is 1.76. The van der Waals surface area contributed by atoms with Crippen LogP contribution in [0.1, 0.15) is 17.0 Å². The quantitative estimate of drug-likeness (QED) is 0.389. The van der Waals surface area contributed by atoms with Gasteiger partial charge in [-0.05, 0) is 23.3 Å². The third-order valence-electron chi connectivity index (χ3n) is 3.51. The summed E-state index contributed by atoms with van der Waals surface area (Å²) in [5, 5.41) is 9.60. The molecule has 0 fully saturated rings. The summed E-state index contributed by atoms with van der Waals surface area (Å²) in [6.07, 6.45) is 1.70. The molecule has 0 amide bonds. The summed E-state index contributed by atoms with van der Waals surface area (Å²) in [7, 11) is 0. The van der Waals surface area contributed by atoms with Gasteiger partial charge in [-0.3, -0.25) is 0 Å². The Labute approximate surface area is 143 Å². The Hall–Kier alpha value is -2.14. The summed E-state index contributed by atoms with van der Waals surface area (Å²) < 4.78 is 16.5. The predicted octanol–water partition coefficient (Wildman–Crippen LogP) is 3.52. The summed E-state index contributed by atoms with van der Waals surface area (Å²) in [5.41, 5.74) is 2.08. The van der Waals surface area contributed by atoms with E-state index in [9.17, 15) is 5.11 Å². The van der Waals surface area contributed by atoms with Crippen molar-refractivity contribution in [2.24, 2.45) is 0 Å². The standard InChI is InChI=1S/C20H24O4/c1-2-11-24-20-10-6-9-18(12-20)19(13-21)15-23-16-22-14-17-7-4-3-5-8-17/h2-10,12,19,21H,1,11,13-16H2/t19-/m1/s1. The molecule has 2 rings (SSSR count). The summed E-state index contributed by atoms with van der Waals surface area (Å²) in [5.74, 6) is 0.642. The summed E-state index contributed by atoms with van der Waals surface area (Å²) in [4.78, 5) is 0. The van der Waals surface area contributed by atoms with Crippen LogP contribution < -0.4 is 4.74 Å². The molecule has 0 spiro atoms. The molecular formula is C20H24O4. The molecule has 0 aromatic heterocycles. The van der Waals surface area contributed by atoms with Gasteiger partial charge in [-0.15, -0.1) is 0 Å². The third kappa shape index (κ3) is 6.16. The zero-order valence-electron chi connectivity index (χ0n) is 13.8. The van der Waals surface area contributed by atoms with Crippen LogP contribution in [0.25, 0.3) is 0 Å². The molecule has 0 bridgehead atoms. The highest BCUT2D eigenvalue weighted by Gasteiger charge is 2.11. The SMILES string of the molecule is C=CCOc1cccc([C@H](CO)COCOCc2ccccc2)c1. The average Bonchev–Trinajstić information content (AvgIpc) is 2.64. The molecule has 0 unspecified atom stereocenters. The van der Waals surface area contributed by atoms with Gasteiger partial charge in [-0.25, -0.2) is 0 Å². The number of aliphatic hydroxyl groups is 1. The van der Waals surface area contributed by atoms with Gasteiger partial charge in [0.1, 0.15) is 19.1 Å². The maximum Gasteiger partial charge on any atom is 0.147 e. The smallest absolute Gasteiger partial charge is 0.147 e. The second-order valence-corrected chi connectivity index (χ2v) is 5.37. The third-order valence-corrected chi connectivity index (χ3v) is 3.51. The summed E-state index contributed by atoms with van der Waals surface area (Å²) in [6, 6.07) is 17.6. The van der Waals surface area contributed by atoms with E-state index in [4.69, 9.17) is 14.2 Å². The minimum atomic E-state index is -0.113. The lowest BCUT2D eigenvalue weighted by Gasteiger charge is -2.16. The van der Waals surface area contributed by atoms with E-state index < -0.39 is 0 Å². The van der Waals surface area contributed by atoms with Crippen LogP contribution in [0.2, 0.25) is 0 Å². The van der Waals surface area contributed by atoms with Crippen LogP contribution in [0.15, 0.2) is 67.3 Å². The van der Waals surface area contributed by atoms with Gasteiger partial charge in [-0.1, -0.05) is 55.1 Å². The minimum absolute atomic E-state index is 0.00357. The van der Waals surface area contributed by atoms with Crippen molar-refractivity contribution >= 4 is 0 Å². The first-order valence-electron chi connectivity index (χ1n) is 7.97. The lowest BCUT2D eigenvalue weighted by Crippen LogP contribution is -2.14. The van der Waals surface area contributed by atoms with E-state index in [0.717, 1.165) is 16.9 Å². The van der Waals surface area contributed by atoms with Gasteiger partial charge in [0, 0.05) is 5.92 Å². The molecule has 0 saturated heterocycles. The average molecular weight is 328 g/mol. The Kier molecular flexibility index (Phi) is 8.04. The molecule has 0 aliphatic rings. The maximum atomic E-state index is 9.60. The lowest BCUT2D eigenvalue weighted by atomic mass is 10.0. The van der Waals surface area contributed by atoms with Crippen molar-refractivity contribution in [1.29, 1.82) is 0 Å². The van der Waals surface area contributed by atoms with E-state index in [1.54, 1.807) is 6.08 Å². The molecule has 2 aromatic rings. The van der Waals surface area contributed by atoms with E-state index in [0.29, 0.717) is 19.8 Å². The lowest BCUT2D eigenvalue weighted by molar-refractivity contribution is -0.0682. The molecule has 24 heavy (non-hydrogen) atoms.